The van der Waals surface area contributed by atoms with Crippen molar-refractivity contribution in [1.29, 1.82) is 0 Å². The Balaban J connectivity index is 1.76. The molecule has 0 aliphatic carbocycles. The molecule has 0 unspecified atom stereocenters. The van der Waals surface area contributed by atoms with E-state index in [-0.39, 0.29) is 17.6 Å². The van der Waals surface area contributed by atoms with Crippen LogP contribution in [0.15, 0.2) is 42.6 Å². The summed E-state index contributed by atoms with van der Waals surface area (Å²) < 4.78 is 25.7. The highest BCUT2D eigenvalue weighted by Gasteiger charge is 2.30. The van der Waals surface area contributed by atoms with Crippen molar-refractivity contribution >= 4 is 5.91 Å². The Labute approximate surface area is 133 Å². The van der Waals surface area contributed by atoms with Gasteiger partial charge in [-0.15, -0.1) is 0 Å². The van der Waals surface area contributed by atoms with Gasteiger partial charge in [0.2, 0.25) is 0 Å². The number of likely N-dealkylation sites (N-methyl/N-ethyl adjacent to an activating group) is 1. The van der Waals surface area contributed by atoms with Gasteiger partial charge in [0.1, 0.15) is 0 Å². The summed E-state index contributed by atoms with van der Waals surface area (Å²) in [5, 5.41) is 3.66. The Morgan fingerprint density at radius 3 is 2.61 bits per heavy atom. The Morgan fingerprint density at radius 1 is 1.22 bits per heavy atom. The molecule has 0 saturated carbocycles. The SMILES string of the molecule is CN1CCN(C(=O)c2ccn(C(F)F)n2)C[C@@H]1c1ccccc1. The van der Waals surface area contributed by atoms with E-state index >= 15 is 0 Å². The van der Waals surface area contributed by atoms with Gasteiger partial charge in [0.15, 0.2) is 5.69 Å². The average molecular weight is 320 g/mol. The number of carbonyl (C=O) groups excluding carboxylic acids is 1. The largest absolute Gasteiger partial charge is 0.334 e. The lowest BCUT2D eigenvalue weighted by Crippen LogP contribution is -2.49. The number of hydrogen-bond donors (Lipinski definition) is 0. The van der Waals surface area contributed by atoms with Crippen LogP contribution < -0.4 is 0 Å². The van der Waals surface area contributed by atoms with Gasteiger partial charge in [-0.2, -0.15) is 13.9 Å². The summed E-state index contributed by atoms with van der Waals surface area (Å²) in [5.41, 5.74) is 1.19. The molecule has 1 aliphatic rings. The second-order valence-electron chi connectivity index (χ2n) is 5.62. The zero-order valence-electron chi connectivity index (χ0n) is 12.8. The summed E-state index contributed by atoms with van der Waals surface area (Å²) >= 11 is 0. The number of nitrogens with zero attached hydrogens (tertiary/aromatic N) is 4. The fraction of sp³-hybridized carbons (Fsp3) is 0.375. The molecule has 1 amide bonds. The Kier molecular flexibility index (Phi) is 4.38. The number of rotatable bonds is 3. The molecule has 0 radical (unpaired) electrons. The molecule has 1 aliphatic heterocycles. The van der Waals surface area contributed by atoms with E-state index in [1.165, 1.54) is 6.07 Å². The molecule has 2 heterocycles. The molecule has 1 aromatic carbocycles. The standard InChI is InChI=1S/C16H18F2N4O/c1-20-9-10-21(11-14(20)12-5-3-2-4-6-12)15(23)13-7-8-22(19-13)16(17)18/h2-8,14,16H,9-11H2,1H3/t14-/m1/s1. The molecule has 5 nitrogen and oxygen atoms in total. The topological polar surface area (TPSA) is 41.4 Å². The van der Waals surface area contributed by atoms with E-state index in [1.807, 2.05) is 37.4 Å². The number of benzene rings is 1. The second-order valence-corrected chi connectivity index (χ2v) is 5.62. The predicted octanol–water partition coefficient (Wildman–Crippen LogP) is 2.41. The van der Waals surface area contributed by atoms with Gasteiger partial charge < -0.3 is 4.90 Å². The van der Waals surface area contributed by atoms with Crippen molar-refractivity contribution in [3.63, 3.8) is 0 Å². The summed E-state index contributed by atoms with van der Waals surface area (Å²) in [6, 6.07) is 11.4. The highest BCUT2D eigenvalue weighted by atomic mass is 19.3. The van der Waals surface area contributed by atoms with E-state index < -0.39 is 6.55 Å². The highest BCUT2D eigenvalue weighted by Crippen LogP contribution is 2.24. The maximum absolute atomic E-state index is 12.6. The first-order valence-corrected chi connectivity index (χ1v) is 7.44. The van der Waals surface area contributed by atoms with Crippen molar-refractivity contribution in [3.05, 3.63) is 53.9 Å². The maximum atomic E-state index is 12.6. The molecular weight excluding hydrogens is 302 g/mol. The monoisotopic (exact) mass is 320 g/mol. The fourth-order valence-corrected chi connectivity index (χ4v) is 2.82. The number of aromatic nitrogens is 2. The van der Waals surface area contributed by atoms with Crippen LogP contribution in [0.5, 0.6) is 0 Å². The van der Waals surface area contributed by atoms with Crippen LogP contribution >= 0.6 is 0 Å². The first-order chi connectivity index (χ1) is 11.1. The number of piperazine rings is 1. The molecule has 3 rings (SSSR count). The minimum atomic E-state index is -2.74. The molecule has 1 fully saturated rings. The first kappa shape index (κ1) is 15.6. The predicted molar refractivity (Wildman–Crippen MR) is 81.2 cm³/mol. The molecule has 0 spiro atoms. The quantitative estimate of drug-likeness (QED) is 0.872. The van der Waals surface area contributed by atoms with Crippen LogP contribution in [-0.4, -0.2) is 52.2 Å². The smallest absolute Gasteiger partial charge is 0.333 e. The van der Waals surface area contributed by atoms with Gasteiger partial charge in [-0.05, 0) is 18.7 Å². The molecule has 23 heavy (non-hydrogen) atoms. The van der Waals surface area contributed by atoms with E-state index in [2.05, 4.69) is 10.00 Å². The van der Waals surface area contributed by atoms with Crippen molar-refractivity contribution < 1.29 is 13.6 Å². The van der Waals surface area contributed by atoms with Crippen LogP contribution in [0.3, 0.4) is 0 Å². The van der Waals surface area contributed by atoms with E-state index in [1.54, 1.807) is 4.90 Å². The maximum Gasteiger partial charge on any atom is 0.333 e. The van der Waals surface area contributed by atoms with Crippen molar-refractivity contribution in [2.45, 2.75) is 12.6 Å². The zero-order chi connectivity index (χ0) is 16.4. The van der Waals surface area contributed by atoms with Crippen LogP contribution in [0.4, 0.5) is 8.78 Å². The van der Waals surface area contributed by atoms with Gasteiger partial charge in [0.05, 0.1) is 6.04 Å². The van der Waals surface area contributed by atoms with Crippen molar-refractivity contribution in [2.75, 3.05) is 26.7 Å². The van der Waals surface area contributed by atoms with E-state index in [9.17, 15) is 13.6 Å². The molecule has 7 heteroatoms. The summed E-state index contributed by atoms with van der Waals surface area (Å²) in [6.45, 7) is -0.941. The Hall–Kier alpha value is -2.28. The lowest BCUT2D eigenvalue weighted by Gasteiger charge is -2.39. The van der Waals surface area contributed by atoms with Gasteiger partial charge >= 0.3 is 6.55 Å². The normalized spacial score (nSPS) is 19.3. The summed E-state index contributed by atoms with van der Waals surface area (Å²) in [4.78, 5) is 16.4. The molecule has 0 bridgehead atoms. The molecule has 0 N–H and O–H groups in total. The molecule has 2 aromatic rings. The van der Waals surface area contributed by atoms with Gasteiger partial charge in [0, 0.05) is 25.8 Å². The number of hydrogen-bond acceptors (Lipinski definition) is 3. The van der Waals surface area contributed by atoms with Crippen molar-refractivity contribution in [2.24, 2.45) is 0 Å². The van der Waals surface area contributed by atoms with Gasteiger partial charge in [-0.1, -0.05) is 30.3 Å². The molecule has 1 aromatic heterocycles. The minimum absolute atomic E-state index is 0.0571. The number of amides is 1. The summed E-state index contributed by atoms with van der Waals surface area (Å²) in [5.74, 6) is -0.307. The Bertz CT molecular complexity index is 674. The molecule has 1 saturated heterocycles. The van der Waals surface area contributed by atoms with Crippen molar-refractivity contribution in [1.82, 2.24) is 19.6 Å². The van der Waals surface area contributed by atoms with Crippen LogP contribution in [-0.2, 0) is 0 Å². The third kappa shape index (κ3) is 3.24. The van der Waals surface area contributed by atoms with E-state index in [4.69, 9.17) is 0 Å². The number of alkyl halides is 2. The third-order valence-corrected chi connectivity index (χ3v) is 4.15. The van der Waals surface area contributed by atoms with E-state index in [0.29, 0.717) is 17.8 Å². The fourth-order valence-electron chi connectivity index (χ4n) is 2.82. The molecular formula is C16H18F2N4O. The summed E-state index contributed by atoms with van der Waals surface area (Å²) in [6.07, 6.45) is 1.13. The number of halogens is 2. The lowest BCUT2D eigenvalue weighted by molar-refractivity contribution is 0.0499. The molecule has 1 atom stereocenters. The number of carbonyl (C=O) groups is 1. The van der Waals surface area contributed by atoms with Crippen LogP contribution in [0.25, 0.3) is 0 Å². The highest BCUT2D eigenvalue weighted by molar-refractivity contribution is 5.92. The van der Waals surface area contributed by atoms with E-state index in [0.717, 1.165) is 18.3 Å². The van der Waals surface area contributed by atoms with Gasteiger partial charge in [0.25, 0.3) is 5.91 Å². The Morgan fingerprint density at radius 2 is 1.96 bits per heavy atom. The zero-order valence-corrected chi connectivity index (χ0v) is 12.8. The van der Waals surface area contributed by atoms with Gasteiger partial charge in [-0.25, -0.2) is 4.68 Å². The van der Waals surface area contributed by atoms with Crippen LogP contribution in [0, 0.1) is 0 Å². The van der Waals surface area contributed by atoms with Gasteiger partial charge in [-0.3, -0.25) is 9.69 Å². The molecule has 122 valence electrons. The van der Waals surface area contributed by atoms with Crippen molar-refractivity contribution in [3.8, 4) is 0 Å². The average Bonchev–Trinajstić information content (AvgIpc) is 3.06. The first-order valence-electron chi connectivity index (χ1n) is 7.44. The summed E-state index contributed by atoms with van der Waals surface area (Å²) in [7, 11) is 2.02. The minimum Gasteiger partial charge on any atom is -0.334 e. The second kappa shape index (κ2) is 6.45. The third-order valence-electron chi connectivity index (χ3n) is 4.15. The lowest BCUT2D eigenvalue weighted by atomic mass is 10.0. The van der Waals surface area contributed by atoms with Crippen LogP contribution in [0.2, 0.25) is 0 Å². The van der Waals surface area contributed by atoms with Crippen LogP contribution in [0.1, 0.15) is 28.6 Å².